The minimum Gasteiger partial charge on any atom is -0.490 e. The Kier molecular flexibility index (Phi) is 9.08. The van der Waals surface area contributed by atoms with Gasteiger partial charge in [-0.25, -0.2) is 9.69 Å². The smallest absolute Gasteiger partial charge is 0.335 e. The van der Waals surface area contributed by atoms with E-state index >= 15 is 0 Å². The number of urea groups is 1. The highest BCUT2D eigenvalue weighted by atomic mass is 35.5. The zero-order chi connectivity index (χ0) is 30.3. The molecule has 1 aliphatic heterocycles. The van der Waals surface area contributed by atoms with E-state index in [1.165, 1.54) is 6.08 Å². The van der Waals surface area contributed by atoms with Crippen LogP contribution in [-0.4, -0.2) is 24.5 Å². The van der Waals surface area contributed by atoms with Gasteiger partial charge in [0.2, 0.25) is 0 Å². The summed E-state index contributed by atoms with van der Waals surface area (Å²) < 4.78 is 17.6. The van der Waals surface area contributed by atoms with Gasteiger partial charge >= 0.3 is 6.03 Å². The van der Waals surface area contributed by atoms with Crippen molar-refractivity contribution >= 4 is 41.2 Å². The highest BCUT2D eigenvalue weighted by Gasteiger charge is 2.36. The van der Waals surface area contributed by atoms with Gasteiger partial charge in [-0.2, -0.15) is 0 Å². The van der Waals surface area contributed by atoms with Gasteiger partial charge in [0.15, 0.2) is 11.5 Å². The van der Waals surface area contributed by atoms with Gasteiger partial charge in [0, 0.05) is 10.6 Å². The molecule has 9 heteroatoms. The fourth-order valence-electron chi connectivity index (χ4n) is 4.37. The first-order valence-electron chi connectivity index (χ1n) is 13.7. The van der Waals surface area contributed by atoms with Crippen molar-refractivity contribution in [2.75, 3.05) is 11.5 Å². The van der Waals surface area contributed by atoms with E-state index < -0.39 is 17.8 Å². The lowest BCUT2D eigenvalue weighted by atomic mass is 10.1. The maximum Gasteiger partial charge on any atom is 0.335 e. The fraction of sp³-hybridized carbons (Fsp3) is 0.147. The number of amides is 4. The molecule has 4 aromatic carbocycles. The number of halogens is 1. The Hall–Kier alpha value is -5.08. The van der Waals surface area contributed by atoms with Crippen molar-refractivity contribution in [2.24, 2.45) is 0 Å². The molecule has 4 aromatic rings. The van der Waals surface area contributed by atoms with E-state index in [9.17, 15) is 14.4 Å². The van der Waals surface area contributed by atoms with E-state index in [2.05, 4.69) is 5.32 Å². The van der Waals surface area contributed by atoms with Gasteiger partial charge < -0.3 is 14.2 Å². The van der Waals surface area contributed by atoms with E-state index in [0.717, 1.165) is 21.6 Å². The van der Waals surface area contributed by atoms with Crippen LogP contribution in [0.2, 0.25) is 5.02 Å². The van der Waals surface area contributed by atoms with Crippen LogP contribution >= 0.6 is 11.6 Å². The summed E-state index contributed by atoms with van der Waals surface area (Å²) in [5, 5.41) is 2.84. The summed E-state index contributed by atoms with van der Waals surface area (Å²) in [4.78, 5) is 39.8. The van der Waals surface area contributed by atoms with Crippen LogP contribution in [0.25, 0.3) is 6.08 Å². The summed E-state index contributed by atoms with van der Waals surface area (Å²) in [5.41, 5.74) is 3.60. The van der Waals surface area contributed by atoms with Gasteiger partial charge in [-0.1, -0.05) is 65.7 Å². The minimum absolute atomic E-state index is 0.200. The highest BCUT2D eigenvalue weighted by molar-refractivity contribution is 6.39. The number of carbonyl (C=O) groups is 3. The second-order valence-electron chi connectivity index (χ2n) is 9.75. The van der Waals surface area contributed by atoms with E-state index in [4.69, 9.17) is 25.8 Å². The SMILES string of the molecule is CCOc1cc(/C=C2\C(=O)NC(=O)N(c3ccc(OCc4ccccc4Cl)cc3)C2=O)ccc1OCc1ccc(C)cc1. The first-order valence-corrected chi connectivity index (χ1v) is 14.0. The Bertz CT molecular complexity index is 1680. The predicted octanol–water partition coefficient (Wildman–Crippen LogP) is 6.87. The molecule has 0 saturated carbocycles. The summed E-state index contributed by atoms with van der Waals surface area (Å²) in [6.07, 6.45) is 1.42. The predicted molar refractivity (Wildman–Crippen MR) is 164 cm³/mol. The molecular weight excluding hydrogens is 568 g/mol. The molecule has 1 heterocycles. The van der Waals surface area contributed by atoms with Crippen molar-refractivity contribution in [1.29, 1.82) is 0 Å². The molecule has 0 spiro atoms. The maximum absolute atomic E-state index is 13.4. The van der Waals surface area contributed by atoms with Crippen LogP contribution < -0.4 is 24.4 Å². The van der Waals surface area contributed by atoms with Crippen LogP contribution in [0.5, 0.6) is 17.2 Å². The Balaban J connectivity index is 1.32. The number of nitrogens with zero attached hydrogens (tertiary/aromatic N) is 1. The summed E-state index contributed by atoms with van der Waals surface area (Å²) in [6.45, 7) is 4.86. The van der Waals surface area contributed by atoms with Crippen LogP contribution in [0.4, 0.5) is 10.5 Å². The molecule has 0 aliphatic carbocycles. The van der Waals surface area contributed by atoms with Crippen molar-refractivity contribution in [2.45, 2.75) is 27.1 Å². The highest BCUT2D eigenvalue weighted by Crippen LogP contribution is 2.31. The number of aryl methyl sites for hydroxylation is 1. The molecule has 218 valence electrons. The number of imide groups is 2. The lowest BCUT2D eigenvalue weighted by Gasteiger charge is -2.26. The Morgan fingerprint density at radius 1 is 0.814 bits per heavy atom. The van der Waals surface area contributed by atoms with Crippen molar-refractivity contribution in [1.82, 2.24) is 5.32 Å². The van der Waals surface area contributed by atoms with Crippen molar-refractivity contribution < 1.29 is 28.6 Å². The summed E-state index contributed by atoms with van der Waals surface area (Å²) >= 11 is 6.19. The van der Waals surface area contributed by atoms with Crippen molar-refractivity contribution in [3.8, 4) is 17.2 Å². The topological polar surface area (TPSA) is 94.2 Å². The van der Waals surface area contributed by atoms with Gasteiger partial charge in [-0.15, -0.1) is 0 Å². The molecule has 0 atom stereocenters. The summed E-state index contributed by atoms with van der Waals surface area (Å²) in [7, 11) is 0. The van der Waals surface area contributed by atoms with Gasteiger partial charge in [-0.05, 0) is 73.5 Å². The van der Waals surface area contributed by atoms with Gasteiger partial charge in [-0.3, -0.25) is 14.9 Å². The Morgan fingerprint density at radius 3 is 2.28 bits per heavy atom. The third kappa shape index (κ3) is 7.05. The average molecular weight is 597 g/mol. The van der Waals surface area contributed by atoms with Crippen molar-refractivity contribution in [3.63, 3.8) is 0 Å². The van der Waals surface area contributed by atoms with Crippen LogP contribution in [0.1, 0.15) is 29.2 Å². The fourth-order valence-corrected chi connectivity index (χ4v) is 4.56. The quantitative estimate of drug-likeness (QED) is 0.159. The first kappa shape index (κ1) is 29.4. The second kappa shape index (κ2) is 13.3. The number of rotatable bonds is 10. The average Bonchev–Trinajstić information content (AvgIpc) is 3.00. The zero-order valence-corrected chi connectivity index (χ0v) is 24.4. The molecule has 8 nitrogen and oxygen atoms in total. The molecule has 0 unspecified atom stereocenters. The molecule has 0 bridgehead atoms. The third-order valence-corrected chi connectivity index (χ3v) is 7.01. The molecule has 1 saturated heterocycles. The number of ether oxygens (including phenoxy) is 3. The van der Waals surface area contributed by atoms with Gasteiger partial charge in [0.25, 0.3) is 11.8 Å². The molecule has 1 N–H and O–H groups in total. The number of nitrogens with one attached hydrogen (secondary N) is 1. The summed E-state index contributed by atoms with van der Waals surface area (Å²) in [5.74, 6) is -0.0288. The van der Waals surface area contributed by atoms with Crippen LogP contribution in [0, 0.1) is 6.92 Å². The van der Waals surface area contributed by atoms with E-state index in [1.54, 1.807) is 48.5 Å². The number of benzene rings is 4. The standard InChI is InChI=1S/C34H29ClN2O6/c1-3-41-31-19-24(12-17-30(31)43-20-23-10-8-22(2)9-11-23)18-28-32(38)36-34(40)37(33(28)39)26-13-15-27(16-14-26)42-21-25-6-4-5-7-29(25)35/h4-19H,3,20-21H2,1-2H3,(H,36,38,40)/b28-18+. The molecule has 4 amide bonds. The van der Waals surface area contributed by atoms with Crippen molar-refractivity contribution in [3.05, 3.63) is 124 Å². The van der Waals surface area contributed by atoms with E-state index in [-0.39, 0.29) is 17.9 Å². The lowest BCUT2D eigenvalue weighted by Crippen LogP contribution is -2.54. The monoisotopic (exact) mass is 596 g/mol. The van der Waals surface area contributed by atoms with Crippen LogP contribution in [-0.2, 0) is 22.8 Å². The molecule has 43 heavy (non-hydrogen) atoms. The van der Waals surface area contributed by atoms with E-state index in [1.807, 2.05) is 56.3 Å². The minimum atomic E-state index is -0.841. The number of hydrogen-bond donors (Lipinski definition) is 1. The molecule has 0 aromatic heterocycles. The Labute approximate surface area is 254 Å². The van der Waals surface area contributed by atoms with Crippen LogP contribution in [0.3, 0.4) is 0 Å². The van der Waals surface area contributed by atoms with E-state index in [0.29, 0.717) is 41.0 Å². The van der Waals surface area contributed by atoms with Gasteiger partial charge in [0.1, 0.15) is 24.5 Å². The lowest BCUT2D eigenvalue weighted by molar-refractivity contribution is -0.122. The second-order valence-corrected chi connectivity index (χ2v) is 10.2. The zero-order valence-electron chi connectivity index (χ0n) is 23.6. The Morgan fingerprint density at radius 2 is 1.56 bits per heavy atom. The molecule has 1 fully saturated rings. The number of carbonyl (C=O) groups excluding carboxylic acids is 3. The van der Waals surface area contributed by atoms with Crippen LogP contribution in [0.15, 0.2) is 96.6 Å². The molecule has 0 radical (unpaired) electrons. The number of barbiturate groups is 1. The maximum atomic E-state index is 13.4. The summed E-state index contributed by atoms with van der Waals surface area (Å²) in [6, 6.07) is 26.1. The normalized spacial score (nSPS) is 14.1. The molecular formula is C34H29ClN2O6. The number of anilines is 1. The third-order valence-electron chi connectivity index (χ3n) is 6.64. The molecule has 5 rings (SSSR count). The molecule has 1 aliphatic rings. The largest absolute Gasteiger partial charge is 0.490 e. The van der Waals surface area contributed by atoms with Gasteiger partial charge in [0.05, 0.1) is 12.3 Å². The first-order chi connectivity index (χ1) is 20.8. The number of hydrogen-bond acceptors (Lipinski definition) is 6.